The van der Waals surface area contributed by atoms with Crippen LogP contribution in [-0.4, -0.2) is 75.5 Å². The third kappa shape index (κ3) is 5.78. The van der Waals surface area contributed by atoms with Crippen LogP contribution in [0.1, 0.15) is 12.8 Å². The van der Waals surface area contributed by atoms with E-state index in [1.54, 1.807) is 41.3 Å². The van der Waals surface area contributed by atoms with Crippen LogP contribution in [0, 0.1) is 0 Å². The molecule has 1 fully saturated rings. The molecule has 0 aliphatic carbocycles. The molecule has 0 unspecified atom stereocenters. The molecule has 0 radical (unpaired) electrons. The van der Waals surface area contributed by atoms with Crippen LogP contribution in [0.2, 0.25) is 0 Å². The zero-order chi connectivity index (χ0) is 24.0. The third-order valence-corrected chi connectivity index (χ3v) is 7.50. The first-order chi connectivity index (χ1) is 16.4. The molecule has 4 rings (SSSR count). The van der Waals surface area contributed by atoms with Crippen molar-refractivity contribution in [2.24, 2.45) is 0 Å². The van der Waals surface area contributed by atoms with Crippen molar-refractivity contribution in [3.05, 3.63) is 48.5 Å². The number of nitrogens with zero attached hydrogens (tertiary/aromatic N) is 2. The van der Waals surface area contributed by atoms with E-state index in [4.69, 9.17) is 9.47 Å². The largest absolute Gasteiger partial charge is 0.486 e. The molecule has 3 amide bonds. The number of anilines is 1. The highest BCUT2D eigenvalue weighted by Gasteiger charge is 2.26. The summed E-state index contributed by atoms with van der Waals surface area (Å²) in [5.41, 5.74) is 0.556. The van der Waals surface area contributed by atoms with Crippen molar-refractivity contribution in [1.29, 1.82) is 0 Å². The van der Waals surface area contributed by atoms with Crippen LogP contribution in [0.4, 0.5) is 10.5 Å². The van der Waals surface area contributed by atoms with Gasteiger partial charge in [0.05, 0.1) is 4.90 Å². The maximum atomic E-state index is 13.1. The number of ether oxygens (including phenoxy) is 2. The highest BCUT2D eigenvalue weighted by Crippen LogP contribution is 2.32. The Bertz CT molecular complexity index is 1130. The molecule has 10 nitrogen and oxygen atoms in total. The van der Waals surface area contributed by atoms with E-state index in [-0.39, 0.29) is 42.9 Å². The van der Waals surface area contributed by atoms with E-state index in [1.165, 1.54) is 16.4 Å². The normalized spacial score (nSPS) is 17.9. The van der Waals surface area contributed by atoms with Crippen molar-refractivity contribution < 1.29 is 27.5 Å². The Kier molecular flexibility index (Phi) is 7.53. The number of nitrogens with one attached hydrogen (secondary N) is 2. The molecule has 2 aliphatic heterocycles. The fraction of sp³-hybridized carbons (Fsp3) is 0.391. The minimum absolute atomic E-state index is 0.0510. The molecule has 2 aliphatic rings. The number of sulfonamides is 1. The number of amides is 3. The molecule has 0 atom stereocenters. The number of hydrogen-bond acceptors (Lipinski definition) is 6. The van der Waals surface area contributed by atoms with Crippen molar-refractivity contribution in [3.8, 4) is 11.5 Å². The lowest BCUT2D eigenvalue weighted by Crippen LogP contribution is -2.41. The predicted octanol–water partition coefficient (Wildman–Crippen LogP) is 1.89. The molecule has 34 heavy (non-hydrogen) atoms. The molecule has 2 N–H and O–H groups in total. The summed E-state index contributed by atoms with van der Waals surface area (Å²) in [4.78, 5) is 27.0. The van der Waals surface area contributed by atoms with Gasteiger partial charge in [0.2, 0.25) is 15.9 Å². The van der Waals surface area contributed by atoms with Gasteiger partial charge in [-0.1, -0.05) is 18.2 Å². The average molecular weight is 489 g/mol. The summed E-state index contributed by atoms with van der Waals surface area (Å²) in [5.74, 6) is 0.930. The number of hydrogen-bond donors (Lipinski definition) is 2. The lowest BCUT2D eigenvalue weighted by Gasteiger charge is -2.25. The summed E-state index contributed by atoms with van der Waals surface area (Å²) in [6.45, 7) is 2.10. The van der Waals surface area contributed by atoms with Crippen molar-refractivity contribution in [2.75, 3.05) is 51.3 Å². The predicted molar refractivity (Wildman–Crippen MR) is 125 cm³/mol. The fourth-order valence-electron chi connectivity index (χ4n) is 3.82. The van der Waals surface area contributed by atoms with Gasteiger partial charge in [0.25, 0.3) is 0 Å². The van der Waals surface area contributed by atoms with Crippen molar-refractivity contribution in [3.63, 3.8) is 0 Å². The second kappa shape index (κ2) is 10.7. The molecule has 1 saturated heterocycles. The first-order valence-electron chi connectivity index (χ1n) is 11.2. The smallest absolute Gasteiger partial charge is 0.321 e. The van der Waals surface area contributed by atoms with Crippen LogP contribution >= 0.6 is 0 Å². The highest BCUT2D eigenvalue weighted by molar-refractivity contribution is 7.89. The van der Waals surface area contributed by atoms with Gasteiger partial charge in [0.15, 0.2) is 11.5 Å². The minimum Gasteiger partial charge on any atom is -0.486 e. The van der Waals surface area contributed by atoms with Gasteiger partial charge in [-0.2, -0.15) is 4.31 Å². The van der Waals surface area contributed by atoms with Gasteiger partial charge in [-0.05, 0) is 30.7 Å². The summed E-state index contributed by atoms with van der Waals surface area (Å²) in [7, 11) is -3.75. The van der Waals surface area contributed by atoms with E-state index in [1.807, 2.05) is 0 Å². The zero-order valence-corrected chi connectivity index (χ0v) is 19.6. The van der Waals surface area contributed by atoms with Gasteiger partial charge in [-0.25, -0.2) is 13.2 Å². The molecular formula is C23H28N4O6S. The average Bonchev–Trinajstić information content (AvgIpc) is 2.89. The van der Waals surface area contributed by atoms with Crippen molar-refractivity contribution in [2.45, 2.75) is 17.7 Å². The van der Waals surface area contributed by atoms with Crippen LogP contribution in [0.5, 0.6) is 11.5 Å². The first-order valence-corrected chi connectivity index (χ1v) is 12.6. The second-order valence-corrected chi connectivity index (χ2v) is 9.88. The van der Waals surface area contributed by atoms with Crippen molar-refractivity contribution >= 4 is 27.6 Å². The number of carbonyl (C=O) groups excluding carboxylic acids is 2. The Labute approximate surface area is 198 Å². The van der Waals surface area contributed by atoms with E-state index >= 15 is 0 Å². The van der Waals surface area contributed by atoms with Gasteiger partial charge < -0.3 is 25.0 Å². The van der Waals surface area contributed by atoms with E-state index < -0.39 is 10.0 Å². The van der Waals surface area contributed by atoms with Gasteiger partial charge in [-0.3, -0.25) is 4.79 Å². The van der Waals surface area contributed by atoms with E-state index in [0.29, 0.717) is 49.9 Å². The molecule has 0 aromatic heterocycles. The molecule has 2 aromatic carbocycles. The quantitative estimate of drug-likeness (QED) is 0.682. The van der Waals surface area contributed by atoms with Gasteiger partial charge in [0, 0.05) is 50.9 Å². The molecular weight excluding hydrogens is 460 g/mol. The zero-order valence-electron chi connectivity index (χ0n) is 18.7. The summed E-state index contributed by atoms with van der Waals surface area (Å²) in [6, 6.07) is 13.0. The van der Waals surface area contributed by atoms with Gasteiger partial charge in [0.1, 0.15) is 13.2 Å². The fourth-order valence-corrected chi connectivity index (χ4v) is 5.32. The van der Waals surface area contributed by atoms with E-state index in [2.05, 4.69) is 10.6 Å². The van der Waals surface area contributed by atoms with Crippen LogP contribution in [0.25, 0.3) is 0 Å². The summed E-state index contributed by atoms with van der Waals surface area (Å²) < 4.78 is 38.6. The number of rotatable bonds is 3. The van der Waals surface area contributed by atoms with Crippen LogP contribution in [0.15, 0.2) is 53.4 Å². The third-order valence-electron chi connectivity index (χ3n) is 5.59. The summed E-state index contributed by atoms with van der Waals surface area (Å²) in [6.07, 6.45) is 0.476. The molecule has 11 heteroatoms. The number of carbonyl (C=O) groups is 2. The number of benzene rings is 2. The topological polar surface area (TPSA) is 117 Å². The van der Waals surface area contributed by atoms with Gasteiger partial charge in [-0.15, -0.1) is 0 Å². The molecule has 0 spiro atoms. The van der Waals surface area contributed by atoms with Crippen LogP contribution < -0.4 is 20.1 Å². The molecule has 0 saturated carbocycles. The summed E-state index contributed by atoms with van der Waals surface area (Å²) in [5, 5.41) is 5.61. The van der Waals surface area contributed by atoms with Gasteiger partial charge >= 0.3 is 6.03 Å². The maximum Gasteiger partial charge on any atom is 0.321 e. The first kappa shape index (κ1) is 23.8. The lowest BCUT2D eigenvalue weighted by atomic mass is 10.2. The SMILES string of the molecule is O=C1CCN(S(=O)(=O)c2ccccc2)CCCN(C(=O)Nc2ccc3c(c2)OCCO3)CCN1. The standard InChI is InChI=1S/C23H28N4O6S/c28-22-9-13-27(34(30,31)19-5-2-1-3-6-19)12-4-11-26(14-10-24-22)23(29)25-18-7-8-20-21(17-18)33-16-15-32-20/h1-3,5-8,17H,4,9-16H2,(H,24,28)(H,25,29). The maximum absolute atomic E-state index is 13.1. The van der Waals surface area contributed by atoms with E-state index in [9.17, 15) is 18.0 Å². The Hall–Kier alpha value is -3.31. The number of urea groups is 1. The Balaban J connectivity index is 1.44. The lowest BCUT2D eigenvalue weighted by molar-refractivity contribution is -0.121. The molecule has 2 heterocycles. The van der Waals surface area contributed by atoms with Crippen LogP contribution in [0.3, 0.4) is 0 Å². The Morgan fingerprint density at radius 3 is 2.50 bits per heavy atom. The Morgan fingerprint density at radius 2 is 1.71 bits per heavy atom. The monoisotopic (exact) mass is 488 g/mol. The van der Waals surface area contributed by atoms with Crippen molar-refractivity contribution in [1.82, 2.24) is 14.5 Å². The number of fused-ring (bicyclic) bond motifs is 1. The van der Waals surface area contributed by atoms with Crippen LogP contribution in [-0.2, 0) is 14.8 Å². The molecule has 2 aromatic rings. The molecule has 182 valence electrons. The molecule has 0 bridgehead atoms. The van der Waals surface area contributed by atoms with E-state index in [0.717, 1.165) is 0 Å². The minimum atomic E-state index is -3.75. The second-order valence-electron chi connectivity index (χ2n) is 7.95. The summed E-state index contributed by atoms with van der Waals surface area (Å²) >= 11 is 0. The Morgan fingerprint density at radius 1 is 0.941 bits per heavy atom. The highest BCUT2D eigenvalue weighted by atomic mass is 32.2.